The number of aromatic nitrogens is 1. The topological polar surface area (TPSA) is 87.9 Å². The Hall–Kier alpha value is -2.48. The van der Waals surface area contributed by atoms with Crippen LogP contribution in [0.3, 0.4) is 0 Å². The fraction of sp³-hybridized carbons (Fsp3) is 0.0909. The summed E-state index contributed by atoms with van der Waals surface area (Å²) in [6.07, 6.45) is 0. The van der Waals surface area contributed by atoms with Gasteiger partial charge >= 0.3 is 0 Å². The molecule has 16 heavy (non-hydrogen) atoms. The van der Waals surface area contributed by atoms with E-state index >= 15 is 0 Å². The summed E-state index contributed by atoms with van der Waals surface area (Å²) in [5.41, 5.74) is 8.02. The van der Waals surface area contributed by atoms with Gasteiger partial charge in [-0.2, -0.15) is 5.26 Å². The Morgan fingerprint density at radius 3 is 2.62 bits per heavy atom. The van der Waals surface area contributed by atoms with E-state index in [0.717, 1.165) is 11.3 Å². The number of hydrogen-bond acceptors (Lipinski definition) is 5. The highest BCUT2D eigenvalue weighted by Crippen LogP contribution is 2.26. The average molecular weight is 214 g/mol. The first-order chi connectivity index (χ1) is 7.76. The van der Waals surface area contributed by atoms with Crippen molar-refractivity contribution in [2.75, 3.05) is 18.1 Å². The van der Waals surface area contributed by atoms with Gasteiger partial charge < -0.3 is 15.6 Å². The van der Waals surface area contributed by atoms with Crippen LogP contribution in [0.4, 0.5) is 11.6 Å². The SMILES string of the molecule is CNc1ccc(-c2noc(N)c2C#N)cc1. The Balaban J connectivity index is 2.47. The lowest BCUT2D eigenvalue weighted by Crippen LogP contribution is -1.89. The van der Waals surface area contributed by atoms with Crippen LogP contribution in [0, 0.1) is 11.3 Å². The Bertz CT molecular complexity index is 536. The van der Waals surface area contributed by atoms with Gasteiger partial charge in [-0.25, -0.2) is 0 Å². The maximum Gasteiger partial charge on any atom is 0.240 e. The quantitative estimate of drug-likeness (QED) is 0.796. The first-order valence-corrected chi connectivity index (χ1v) is 4.69. The molecule has 0 aliphatic rings. The molecule has 5 heteroatoms. The smallest absolute Gasteiger partial charge is 0.240 e. The molecule has 1 aromatic carbocycles. The van der Waals surface area contributed by atoms with Crippen LogP contribution in [-0.4, -0.2) is 12.2 Å². The molecule has 2 rings (SSSR count). The lowest BCUT2D eigenvalue weighted by molar-refractivity contribution is 0.439. The lowest BCUT2D eigenvalue weighted by Gasteiger charge is -2.00. The Morgan fingerprint density at radius 1 is 1.38 bits per heavy atom. The fourth-order valence-corrected chi connectivity index (χ4v) is 1.40. The molecule has 0 unspecified atom stereocenters. The number of nitrogens with zero attached hydrogens (tertiary/aromatic N) is 2. The van der Waals surface area contributed by atoms with E-state index in [-0.39, 0.29) is 11.4 Å². The molecule has 3 N–H and O–H groups in total. The zero-order valence-corrected chi connectivity index (χ0v) is 8.69. The molecule has 0 spiro atoms. The highest BCUT2D eigenvalue weighted by molar-refractivity contribution is 5.72. The first kappa shape index (κ1) is 10.1. The summed E-state index contributed by atoms with van der Waals surface area (Å²) in [7, 11) is 1.84. The zero-order chi connectivity index (χ0) is 11.5. The summed E-state index contributed by atoms with van der Waals surface area (Å²) in [6, 6.07) is 9.46. The molecule has 0 bridgehead atoms. The van der Waals surface area contributed by atoms with Crippen molar-refractivity contribution in [1.29, 1.82) is 5.26 Å². The number of nitriles is 1. The molecule has 0 radical (unpaired) electrons. The molecule has 2 aromatic rings. The Labute approximate surface area is 92.5 Å². The molecular formula is C11H10N4O. The molecule has 1 heterocycles. The van der Waals surface area contributed by atoms with E-state index in [4.69, 9.17) is 15.5 Å². The van der Waals surface area contributed by atoms with E-state index in [1.165, 1.54) is 0 Å². The molecule has 80 valence electrons. The van der Waals surface area contributed by atoms with Crippen LogP contribution in [0.1, 0.15) is 5.56 Å². The van der Waals surface area contributed by atoms with Crippen molar-refractivity contribution in [3.05, 3.63) is 29.8 Å². The van der Waals surface area contributed by atoms with Gasteiger partial charge in [-0.1, -0.05) is 17.3 Å². The standard InChI is InChI=1S/C11H10N4O/c1-14-8-4-2-7(3-5-8)10-9(6-12)11(13)16-15-10/h2-5,14H,13H2,1H3. The van der Waals surface area contributed by atoms with E-state index in [0.29, 0.717) is 5.69 Å². The second kappa shape index (κ2) is 3.95. The number of rotatable bonds is 2. The van der Waals surface area contributed by atoms with Crippen LogP contribution in [0.5, 0.6) is 0 Å². The van der Waals surface area contributed by atoms with E-state index in [1.54, 1.807) is 0 Å². The zero-order valence-electron chi connectivity index (χ0n) is 8.69. The van der Waals surface area contributed by atoms with Crippen molar-refractivity contribution in [3.63, 3.8) is 0 Å². The number of nitrogens with one attached hydrogen (secondary N) is 1. The normalized spacial score (nSPS) is 9.75. The highest BCUT2D eigenvalue weighted by atomic mass is 16.5. The van der Waals surface area contributed by atoms with Crippen LogP contribution < -0.4 is 11.1 Å². The second-order valence-corrected chi connectivity index (χ2v) is 3.21. The number of hydrogen-bond donors (Lipinski definition) is 2. The molecule has 0 aliphatic heterocycles. The van der Waals surface area contributed by atoms with Gasteiger partial charge in [0.1, 0.15) is 17.3 Å². The van der Waals surface area contributed by atoms with Crippen LogP contribution in [0.25, 0.3) is 11.3 Å². The maximum atomic E-state index is 8.91. The summed E-state index contributed by atoms with van der Waals surface area (Å²) >= 11 is 0. The van der Waals surface area contributed by atoms with Gasteiger partial charge in [0, 0.05) is 18.3 Å². The monoisotopic (exact) mass is 214 g/mol. The maximum absolute atomic E-state index is 8.91. The van der Waals surface area contributed by atoms with Crippen molar-refractivity contribution in [2.24, 2.45) is 0 Å². The Morgan fingerprint density at radius 2 is 2.06 bits per heavy atom. The number of anilines is 2. The van der Waals surface area contributed by atoms with Gasteiger partial charge in [0.25, 0.3) is 0 Å². The van der Waals surface area contributed by atoms with E-state index in [1.807, 2.05) is 37.4 Å². The molecule has 0 saturated heterocycles. The van der Waals surface area contributed by atoms with Crippen LogP contribution >= 0.6 is 0 Å². The third kappa shape index (κ3) is 1.57. The second-order valence-electron chi connectivity index (χ2n) is 3.21. The van der Waals surface area contributed by atoms with Gasteiger partial charge in [-0.3, -0.25) is 0 Å². The molecule has 0 saturated carbocycles. The molecule has 0 fully saturated rings. The van der Waals surface area contributed by atoms with Gasteiger partial charge in [-0.05, 0) is 12.1 Å². The summed E-state index contributed by atoms with van der Waals surface area (Å²) < 4.78 is 4.79. The molecule has 5 nitrogen and oxygen atoms in total. The highest BCUT2D eigenvalue weighted by Gasteiger charge is 2.14. The van der Waals surface area contributed by atoms with Gasteiger partial charge in [0.15, 0.2) is 0 Å². The summed E-state index contributed by atoms with van der Waals surface area (Å²) in [5.74, 6) is 0.0511. The van der Waals surface area contributed by atoms with Crippen LogP contribution in [0.2, 0.25) is 0 Å². The predicted octanol–water partition coefficient (Wildman–Crippen LogP) is 1.84. The van der Waals surface area contributed by atoms with Crippen molar-refractivity contribution in [3.8, 4) is 17.3 Å². The number of nitrogens with two attached hydrogens (primary N) is 1. The predicted molar refractivity (Wildman–Crippen MR) is 60.6 cm³/mol. The van der Waals surface area contributed by atoms with E-state index < -0.39 is 0 Å². The number of benzene rings is 1. The molecule has 0 atom stereocenters. The van der Waals surface area contributed by atoms with Crippen molar-refractivity contribution in [1.82, 2.24) is 5.16 Å². The van der Waals surface area contributed by atoms with Crippen LogP contribution in [0.15, 0.2) is 28.8 Å². The van der Waals surface area contributed by atoms with Gasteiger partial charge in [0.2, 0.25) is 5.88 Å². The minimum atomic E-state index is 0.0511. The van der Waals surface area contributed by atoms with Crippen molar-refractivity contribution in [2.45, 2.75) is 0 Å². The van der Waals surface area contributed by atoms with E-state index in [9.17, 15) is 0 Å². The van der Waals surface area contributed by atoms with E-state index in [2.05, 4.69) is 10.5 Å². The van der Waals surface area contributed by atoms with Crippen molar-refractivity contribution < 1.29 is 4.52 Å². The van der Waals surface area contributed by atoms with Gasteiger partial charge in [0.05, 0.1) is 0 Å². The molecule has 0 aliphatic carbocycles. The van der Waals surface area contributed by atoms with Crippen molar-refractivity contribution >= 4 is 11.6 Å². The number of nitrogen functional groups attached to an aromatic ring is 1. The third-order valence-corrected chi connectivity index (χ3v) is 2.28. The molecule has 0 amide bonds. The summed E-state index contributed by atoms with van der Waals surface area (Å²) in [4.78, 5) is 0. The average Bonchev–Trinajstić information content (AvgIpc) is 2.70. The first-order valence-electron chi connectivity index (χ1n) is 4.69. The van der Waals surface area contributed by atoms with Crippen LogP contribution in [-0.2, 0) is 0 Å². The molecular weight excluding hydrogens is 204 g/mol. The lowest BCUT2D eigenvalue weighted by atomic mass is 10.1. The third-order valence-electron chi connectivity index (χ3n) is 2.28. The molecule has 1 aromatic heterocycles. The summed E-state index contributed by atoms with van der Waals surface area (Å²) in [5, 5.41) is 15.7. The fourth-order valence-electron chi connectivity index (χ4n) is 1.40. The largest absolute Gasteiger partial charge is 0.388 e. The summed E-state index contributed by atoms with van der Waals surface area (Å²) in [6.45, 7) is 0. The minimum absolute atomic E-state index is 0.0511. The Kier molecular flexibility index (Phi) is 2.48. The minimum Gasteiger partial charge on any atom is -0.388 e. The van der Waals surface area contributed by atoms with Gasteiger partial charge in [-0.15, -0.1) is 0 Å².